The Balaban J connectivity index is 1.29. The highest BCUT2D eigenvalue weighted by Gasteiger charge is 2.32. The number of nitrogens with zero attached hydrogens (tertiary/aromatic N) is 3. The van der Waals surface area contributed by atoms with Gasteiger partial charge in [0.15, 0.2) is 0 Å². The van der Waals surface area contributed by atoms with Crippen LogP contribution >= 0.6 is 11.6 Å². The minimum absolute atomic E-state index is 0.0447. The van der Waals surface area contributed by atoms with Crippen LogP contribution in [0.25, 0.3) is 0 Å². The monoisotopic (exact) mass is 443 g/mol. The lowest BCUT2D eigenvalue weighted by atomic mass is 9.94. The van der Waals surface area contributed by atoms with Gasteiger partial charge in [0, 0.05) is 61.5 Å². The molecule has 0 bridgehead atoms. The third kappa shape index (κ3) is 4.85. The van der Waals surface area contributed by atoms with Crippen molar-refractivity contribution in [2.45, 2.75) is 19.8 Å². The lowest BCUT2D eigenvalue weighted by Gasteiger charge is -2.39. The number of aryl methyl sites for hydroxylation is 1. The molecule has 2 aliphatic rings. The van der Waals surface area contributed by atoms with E-state index in [0.717, 1.165) is 23.8 Å². The molecule has 0 N–H and O–H groups in total. The summed E-state index contributed by atoms with van der Waals surface area (Å²) in [5.74, 6) is -0.309. The van der Waals surface area contributed by atoms with Crippen LogP contribution in [0.15, 0.2) is 42.5 Å². The maximum atomic E-state index is 13.1. The fourth-order valence-corrected chi connectivity index (χ4v) is 4.62. The third-order valence-corrected chi connectivity index (χ3v) is 6.56. The topological polar surface area (TPSA) is 43.9 Å². The SMILES string of the molecule is Cc1ccc(Cl)cc1N1CCN(C(=O)C2CCN(C(=O)c3ccc(F)cc3)CC2)CC1. The van der Waals surface area contributed by atoms with E-state index in [4.69, 9.17) is 11.6 Å². The summed E-state index contributed by atoms with van der Waals surface area (Å²) in [4.78, 5) is 31.7. The van der Waals surface area contributed by atoms with Gasteiger partial charge in [-0.1, -0.05) is 17.7 Å². The van der Waals surface area contributed by atoms with Gasteiger partial charge in [-0.25, -0.2) is 4.39 Å². The van der Waals surface area contributed by atoms with Crippen molar-refractivity contribution in [3.63, 3.8) is 0 Å². The predicted octanol–water partition coefficient (Wildman–Crippen LogP) is 3.99. The third-order valence-electron chi connectivity index (χ3n) is 6.33. The summed E-state index contributed by atoms with van der Waals surface area (Å²) in [6.45, 7) is 6.13. The number of piperidine rings is 1. The molecule has 2 aliphatic heterocycles. The Kier molecular flexibility index (Phi) is 6.46. The summed E-state index contributed by atoms with van der Waals surface area (Å²) in [5.41, 5.74) is 2.80. The second kappa shape index (κ2) is 9.27. The van der Waals surface area contributed by atoms with Gasteiger partial charge >= 0.3 is 0 Å². The van der Waals surface area contributed by atoms with Gasteiger partial charge in [-0.2, -0.15) is 0 Å². The number of halogens is 2. The highest BCUT2D eigenvalue weighted by Crippen LogP contribution is 2.27. The van der Waals surface area contributed by atoms with Gasteiger partial charge in [0.2, 0.25) is 5.91 Å². The summed E-state index contributed by atoms with van der Waals surface area (Å²) in [5, 5.41) is 0.723. The van der Waals surface area contributed by atoms with Crippen LogP contribution in [0.4, 0.5) is 10.1 Å². The van der Waals surface area contributed by atoms with E-state index in [9.17, 15) is 14.0 Å². The minimum atomic E-state index is -0.355. The molecule has 2 saturated heterocycles. The summed E-state index contributed by atoms with van der Waals surface area (Å²) in [7, 11) is 0. The molecule has 0 radical (unpaired) electrons. The van der Waals surface area contributed by atoms with Crippen molar-refractivity contribution in [3.8, 4) is 0 Å². The number of anilines is 1. The highest BCUT2D eigenvalue weighted by molar-refractivity contribution is 6.30. The Morgan fingerprint density at radius 2 is 1.55 bits per heavy atom. The van der Waals surface area contributed by atoms with E-state index in [-0.39, 0.29) is 23.5 Å². The quantitative estimate of drug-likeness (QED) is 0.720. The summed E-state index contributed by atoms with van der Waals surface area (Å²) >= 11 is 6.16. The van der Waals surface area contributed by atoms with Crippen molar-refractivity contribution in [1.29, 1.82) is 0 Å². The van der Waals surface area contributed by atoms with E-state index >= 15 is 0 Å². The molecule has 4 rings (SSSR count). The standard InChI is InChI=1S/C24H27ClFN3O2/c1-17-2-5-20(25)16-22(17)27-12-14-29(15-13-27)24(31)19-8-10-28(11-9-19)23(30)18-3-6-21(26)7-4-18/h2-7,16,19H,8-15H2,1H3. The van der Waals surface area contributed by atoms with Crippen LogP contribution in [0.5, 0.6) is 0 Å². The molecule has 2 amide bonds. The van der Waals surface area contributed by atoms with Gasteiger partial charge in [-0.05, 0) is 61.7 Å². The number of carbonyl (C=O) groups excluding carboxylic acids is 2. The number of amides is 2. The van der Waals surface area contributed by atoms with Gasteiger partial charge in [0.1, 0.15) is 5.82 Å². The maximum Gasteiger partial charge on any atom is 0.253 e. The second-order valence-electron chi connectivity index (χ2n) is 8.32. The van der Waals surface area contributed by atoms with Crippen molar-refractivity contribution >= 4 is 29.1 Å². The Morgan fingerprint density at radius 3 is 2.19 bits per heavy atom. The summed E-state index contributed by atoms with van der Waals surface area (Å²) in [6, 6.07) is 11.5. The molecule has 0 atom stereocenters. The molecule has 31 heavy (non-hydrogen) atoms. The first-order chi connectivity index (χ1) is 14.9. The van der Waals surface area contributed by atoms with Crippen LogP contribution < -0.4 is 4.90 Å². The van der Waals surface area contributed by atoms with Crippen molar-refractivity contribution in [1.82, 2.24) is 9.80 Å². The molecule has 0 aliphatic carbocycles. The molecule has 7 heteroatoms. The van der Waals surface area contributed by atoms with E-state index in [0.29, 0.717) is 44.6 Å². The van der Waals surface area contributed by atoms with Crippen molar-refractivity contribution in [2.75, 3.05) is 44.2 Å². The van der Waals surface area contributed by atoms with Crippen LogP contribution in [0, 0.1) is 18.7 Å². The van der Waals surface area contributed by atoms with Gasteiger partial charge < -0.3 is 14.7 Å². The average Bonchev–Trinajstić information content (AvgIpc) is 2.80. The van der Waals surface area contributed by atoms with Gasteiger partial charge in [-0.15, -0.1) is 0 Å². The predicted molar refractivity (Wildman–Crippen MR) is 120 cm³/mol. The van der Waals surface area contributed by atoms with Crippen molar-refractivity contribution in [3.05, 3.63) is 64.4 Å². The number of hydrogen-bond donors (Lipinski definition) is 0. The first-order valence-electron chi connectivity index (χ1n) is 10.8. The van der Waals surface area contributed by atoms with Crippen LogP contribution in [0.1, 0.15) is 28.8 Å². The van der Waals surface area contributed by atoms with Crippen LogP contribution in [-0.4, -0.2) is 60.9 Å². The Bertz CT molecular complexity index is 950. The zero-order chi connectivity index (χ0) is 22.0. The fourth-order valence-electron chi connectivity index (χ4n) is 4.45. The molecule has 2 aromatic rings. The van der Waals surface area contributed by atoms with Gasteiger partial charge in [0.25, 0.3) is 5.91 Å². The minimum Gasteiger partial charge on any atom is -0.368 e. The van der Waals surface area contributed by atoms with E-state index in [2.05, 4.69) is 11.8 Å². The molecule has 0 saturated carbocycles. The molecule has 0 unspecified atom stereocenters. The largest absolute Gasteiger partial charge is 0.368 e. The van der Waals surface area contributed by atoms with E-state index in [1.165, 1.54) is 29.8 Å². The molecule has 5 nitrogen and oxygen atoms in total. The number of carbonyl (C=O) groups is 2. The number of rotatable bonds is 3. The Hall–Kier alpha value is -2.60. The van der Waals surface area contributed by atoms with Crippen LogP contribution in [0.3, 0.4) is 0 Å². The number of piperazine rings is 1. The van der Waals surface area contributed by atoms with Crippen LogP contribution in [-0.2, 0) is 4.79 Å². The molecule has 0 aromatic heterocycles. The first-order valence-corrected chi connectivity index (χ1v) is 11.1. The fraction of sp³-hybridized carbons (Fsp3) is 0.417. The van der Waals surface area contributed by atoms with E-state index in [1.54, 1.807) is 4.90 Å². The Morgan fingerprint density at radius 1 is 0.903 bits per heavy atom. The zero-order valence-corrected chi connectivity index (χ0v) is 18.4. The van der Waals surface area contributed by atoms with E-state index < -0.39 is 0 Å². The maximum absolute atomic E-state index is 13.1. The number of benzene rings is 2. The van der Waals surface area contributed by atoms with Crippen molar-refractivity contribution < 1.29 is 14.0 Å². The molecule has 2 fully saturated rings. The van der Waals surface area contributed by atoms with Gasteiger partial charge in [0.05, 0.1) is 0 Å². The molecule has 2 heterocycles. The molecular weight excluding hydrogens is 417 g/mol. The number of likely N-dealkylation sites (tertiary alicyclic amines) is 1. The lowest BCUT2D eigenvalue weighted by Crippen LogP contribution is -2.52. The van der Waals surface area contributed by atoms with Gasteiger partial charge in [-0.3, -0.25) is 9.59 Å². The molecule has 164 valence electrons. The number of hydrogen-bond acceptors (Lipinski definition) is 3. The molecular formula is C24H27ClFN3O2. The lowest BCUT2D eigenvalue weighted by molar-refractivity contribution is -0.137. The normalized spacial score (nSPS) is 17.7. The first kappa shape index (κ1) is 21.6. The average molecular weight is 444 g/mol. The van der Waals surface area contributed by atoms with Crippen molar-refractivity contribution in [2.24, 2.45) is 5.92 Å². The highest BCUT2D eigenvalue weighted by atomic mass is 35.5. The summed E-state index contributed by atoms with van der Waals surface area (Å²) in [6.07, 6.45) is 1.33. The summed E-state index contributed by atoms with van der Waals surface area (Å²) < 4.78 is 13.1. The molecule has 2 aromatic carbocycles. The van der Waals surface area contributed by atoms with E-state index in [1.807, 2.05) is 23.1 Å². The Labute approximate surface area is 187 Å². The smallest absolute Gasteiger partial charge is 0.253 e. The van der Waals surface area contributed by atoms with Crippen LogP contribution in [0.2, 0.25) is 5.02 Å². The second-order valence-corrected chi connectivity index (χ2v) is 8.75. The zero-order valence-electron chi connectivity index (χ0n) is 17.7. The molecule has 0 spiro atoms.